The maximum atomic E-state index is 12.7. The monoisotopic (exact) mass is 300 g/mol. The van der Waals surface area contributed by atoms with Gasteiger partial charge in [-0.05, 0) is 58.0 Å². The molecule has 0 spiro atoms. The smallest absolute Gasteiger partial charge is 0.315 e. The minimum Gasteiger partial charge on any atom is -0.315 e. The molecule has 1 aromatic carbocycles. The van der Waals surface area contributed by atoms with Crippen molar-refractivity contribution in [1.82, 2.24) is 10.2 Å². The molecule has 1 aliphatic rings. The molecule has 2 nitrogen and oxygen atoms in total. The Bertz CT molecular complexity index is 463. The summed E-state index contributed by atoms with van der Waals surface area (Å²) < 4.78 is 38.2. The number of nitrogens with one attached hydrogen (secondary N) is 1. The maximum Gasteiger partial charge on any atom is 0.416 e. The Morgan fingerprint density at radius 3 is 2.62 bits per heavy atom. The third-order valence-electron chi connectivity index (χ3n) is 4.53. The Hall–Kier alpha value is -1.07. The van der Waals surface area contributed by atoms with E-state index < -0.39 is 11.7 Å². The van der Waals surface area contributed by atoms with Gasteiger partial charge in [0.25, 0.3) is 0 Å². The zero-order chi connectivity index (χ0) is 15.5. The van der Waals surface area contributed by atoms with Crippen LogP contribution in [-0.2, 0) is 12.6 Å². The normalized spacial score (nSPS) is 23.5. The summed E-state index contributed by atoms with van der Waals surface area (Å²) in [6.45, 7) is 1.93. The minimum absolute atomic E-state index is 0.0481. The van der Waals surface area contributed by atoms with Gasteiger partial charge in [-0.1, -0.05) is 18.2 Å². The Morgan fingerprint density at radius 1 is 1.29 bits per heavy atom. The summed E-state index contributed by atoms with van der Waals surface area (Å²) in [6.07, 6.45) is -0.521. The molecule has 1 unspecified atom stereocenters. The van der Waals surface area contributed by atoms with Crippen molar-refractivity contribution in [1.29, 1.82) is 0 Å². The van der Waals surface area contributed by atoms with E-state index in [-0.39, 0.29) is 5.54 Å². The summed E-state index contributed by atoms with van der Waals surface area (Å²) in [5.74, 6) is 0. The molecule has 1 saturated heterocycles. The standard InChI is InChI=1S/C16H23F3N2/c1-21(2)15(8-4-10-20-12-15)9-7-13-5-3-6-14(11-13)16(17,18)19/h3,5-6,11,20H,4,7-10,12H2,1-2H3. The molecule has 1 fully saturated rings. The van der Waals surface area contributed by atoms with Gasteiger partial charge < -0.3 is 10.2 Å². The highest BCUT2D eigenvalue weighted by molar-refractivity contribution is 5.26. The van der Waals surface area contributed by atoms with E-state index in [4.69, 9.17) is 0 Å². The fraction of sp³-hybridized carbons (Fsp3) is 0.625. The van der Waals surface area contributed by atoms with Crippen LogP contribution in [0.1, 0.15) is 30.4 Å². The van der Waals surface area contributed by atoms with Crippen LogP contribution in [0.5, 0.6) is 0 Å². The van der Waals surface area contributed by atoms with E-state index in [1.807, 2.05) is 0 Å². The van der Waals surface area contributed by atoms with Crippen molar-refractivity contribution in [2.24, 2.45) is 0 Å². The lowest BCUT2D eigenvalue weighted by Crippen LogP contribution is -2.55. The molecule has 5 heteroatoms. The largest absolute Gasteiger partial charge is 0.416 e. The fourth-order valence-corrected chi connectivity index (χ4v) is 3.05. The fourth-order valence-electron chi connectivity index (χ4n) is 3.05. The van der Waals surface area contributed by atoms with Crippen LogP contribution in [0.3, 0.4) is 0 Å². The Balaban J connectivity index is 2.07. The first-order chi connectivity index (χ1) is 9.83. The second-order valence-corrected chi connectivity index (χ2v) is 6.10. The van der Waals surface area contributed by atoms with Crippen molar-refractivity contribution < 1.29 is 13.2 Å². The first-order valence-electron chi connectivity index (χ1n) is 7.38. The highest BCUT2D eigenvalue weighted by Gasteiger charge is 2.34. The molecular weight excluding hydrogens is 277 g/mol. The number of nitrogens with zero attached hydrogens (tertiary/aromatic N) is 1. The van der Waals surface area contributed by atoms with Gasteiger partial charge in [0.15, 0.2) is 0 Å². The molecular formula is C16H23F3N2. The predicted octanol–water partition coefficient (Wildman–Crippen LogP) is 3.32. The number of hydrogen-bond acceptors (Lipinski definition) is 2. The molecule has 0 bridgehead atoms. The number of benzene rings is 1. The molecule has 0 aromatic heterocycles. The zero-order valence-corrected chi connectivity index (χ0v) is 12.6. The second kappa shape index (κ2) is 6.36. The number of hydrogen-bond donors (Lipinski definition) is 1. The molecule has 1 atom stereocenters. The maximum absolute atomic E-state index is 12.7. The van der Waals surface area contributed by atoms with Crippen molar-refractivity contribution in [2.75, 3.05) is 27.2 Å². The Kier molecular flexibility index (Phi) is 4.94. The van der Waals surface area contributed by atoms with E-state index in [2.05, 4.69) is 24.3 Å². The van der Waals surface area contributed by atoms with Crippen LogP contribution in [0, 0.1) is 0 Å². The predicted molar refractivity (Wildman–Crippen MR) is 78.3 cm³/mol. The van der Waals surface area contributed by atoms with Crippen molar-refractivity contribution in [3.63, 3.8) is 0 Å². The van der Waals surface area contributed by atoms with Gasteiger partial charge in [-0.15, -0.1) is 0 Å². The number of halogens is 3. The van der Waals surface area contributed by atoms with Crippen molar-refractivity contribution in [3.05, 3.63) is 35.4 Å². The average molecular weight is 300 g/mol. The van der Waals surface area contributed by atoms with Crippen molar-refractivity contribution in [2.45, 2.75) is 37.4 Å². The van der Waals surface area contributed by atoms with Gasteiger partial charge >= 0.3 is 6.18 Å². The number of alkyl halides is 3. The molecule has 21 heavy (non-hydrogen) atoms. The molecule has 1 aromatic rings. The lowest BCUT2D eigenvalue weighted by molar-refractivity contribution is -0.137. The Morgan fingerprint density at radius 2 is 2.05 bits per heavy atom. The third-order valence-corrected chi connectivity index (χ3v) is 4.53. The highest BCUT2D eigenvalue weighted by atomic mass is 19.4. The topological polar surface area (TPSA) is 15.3 Å². The summed E-state index contributed by atoms with van der Waals surface area (Å²) in [5.41, 5.74) is 0.254. The minimum atomic E-state index is -4.26. The molecule has 1 heterocycles. The molecule has 0 saturated carbocycles. The van der Waals surface area contributed by atoms with Crippen molar-refractivity contribution >= 4 is 0 Å². The van der Waals surface area contributed by atoms with Crippen LogP contribution in [0.2, 0.25) is 0 Å². The molecule has 0 aliphatic carbocycles. The lowest BCUT2D eigenvalue weighted by Gasteiger charge is -2.43. The number of rotatable bonds is 4. The van der Waals surface area contributed by atoms with Crippen LogP contribution in [0.25, 0.3) is 0 Å². The molecule has 1 aliphatic heterocycles. The van der Waals surface area contributed by atoms with E-state index in [0.717, 1.165) is 44.0 Å². The quantitative estimate of drug-likeness (QED) is 0.917. The van der Waals surface area contributed by atoms with E-state index in [0.29, 0.717) is 6.42 Å². The summed E-state index contributed by atoms with van der Waals surface area (Å²) in [7, 11) is 4.11. The number of aryl methyl sites for hydroxylation is 1. The average Bonchev–Trinajstić information content (AvgIpc) is 2.45. The van der Waals surface area contributed by atoms with Gasteiger partial charge in [-0.2, -0.15) is 13.2 Å². The van der Waals surface area contributed by atoms with E-state index in [1.165, 1.54) is 12.1 Å². The SMILES string of the molecule is CN(C)C1(CCc2cccc(C(F)(F)F)c2)CCCNC1. The van der Waals surface area contributed by atoms with Gasteiger partial charge in [0.05, 0.1) is 5.56 Å². The van der Waals surface area contributed by atoms with Gasteiger partial charge in [0, 0.05) is 12.1 Å². The van der Waals surface area contributed by atoms with Crippen LogP contribution in [0.15, 0.2) is 24.3 Å². The second-order valence-electron chi connectivity index (χ2n) is 6.10. The van der Waals surface area contributed by atoms with E-state index >= 15 is 0 Å². The summed E-state index contributed by atoms with van der Waals surface area (Å²) in [5, 5.41) is 3.41. The lowest BCUT2D eigenvalue weighted by atomic mass is 9.83. The van der Waals surface area contributed by atoms with Crippen LogP contribution in [-0.4, -0.2) is 37.6 Å². The highest BCUT2D eigenvalue weighted by Crippen LogP contribution is 2.31. The molecule has 118 valence electrons. The third kappa shape index (κ3) is 3.98. The number of piperidine rings is 1. The van der Waals surface area contributed by atoms with Crippen LogP contribution < -0.4 is 5.32 Å². The van der Waals surface area contributed by atoms with Gasteiger partial charge in [-0.25, -0.2) is 0 Å². The molecule has 0 amide bonds. The van der Waals surface area contributed by atoms with Crippen LogP contribution in [0.4, 0.5) is 13.2 Å². The van der Waals surface area contributed by atoms with Crippen molar-refractivity contribution in [3.8, 4) is 0 Å². The van der Waals surface area contributed by atoms with Crippen LogP contribution >= 0.6 is 0 Å². The van der Waals surface area contributed by atoms with Gasteiger partial charge in [0.1, 0.15) is 0 Å². The van der Waals surface area contributed by atoms with E-state index in [1.54, 1.807) is 6.07 Å². The number of likely N-dealkylation sites (N-methyl/N-ethyl adjacent to an activating group) is 1. The first-order valence-corrected chi connectivity index (χ1v) is 7.38. The van der Waals surface area contributed by atoms with E-state index in [9.17, 15) is 13.2 Å². The summed E-state index contributed by atoms with van der Waals surface area (Å²) >= 11 is 0. The van der Waals surface area contributed by atoms with Gasteiger partial charge in [0.2, 0.25) is 0 Å². The molecule has 2 rings (SSSR count). The summed E-state index contributed by atoms with van der Waals surface area (Å²) in [4.78, 5) is 2.22. The zero-order valence-electron chi connectivity index (χ0n) is 12.6. The summed E-state index contributed by atoms with van der Waals surface area (Å²) in [6, 6.07) is 5.70. The Labute approximate surface area is 124 Å². The molecule has 1 N–H and O–H groups in total. The van der Waals surface area contributed by atoms with Gasteiger partial charge in [-0.3, -0.25) is 0 Å². The molecule has 0 radical (unpaired) electrons. The first kappa shape index (κ1) is 16.3.